The lowest BCUT2D eigenvalue weighted by molar-refractivity contribution is -0.101. The van der Waals surface area contributed by atoms with Crippen molar-refractivity contribution in [3.8, 4) is 0 Å². The van der Waals surface area contributed by atoms with Crippen LogP contribution in [0.25, 0.3) is 0 Å². The van der Waals surface area contributed by atoms with Gasteiger partial charge in [-0.3, -0.25) is 5.41 Å². The highest BCUT2D eigenvalue weighted by molar-refractivity contribution is 9.10. The number of morpholine rings is 1. The van der Waals surface area contributed by atoms with Gasteiger partial charge in [-0.2, -0.15) is 0 Å². The van der Waals surface area contributed by atoms with Crippen LogP contribution >= 0.6 is 15.9 Å². The van der Waals surface area contributed by atoms with E-state index in [0.717, 1.165) is 16.7 Å². The first kappa shape index (κ1) is 15.3. The van der Waals surface area contributed by atoms with E-state index < -0.39 is 0 Å². The van der Waals surface area contributed by atoms with Gasteiger partial charge in [-0.05, 0) is 48.0 Å². The molecular formula is C14H20BrN3O2. The Morgan fingerprint density at radius 2 is 2.30 bits per heavy atom. The van der Waals surface area contributed by atoms with E-state index in [-0.39, 0.29) is 24.1 Å². The van der Waals surface area contributed by atoms with E-state index >= 15 is 0 Å². The second kappa shape index (κ2) is 5.71. The van der Waals surface area contributed by atoms with Crippen molar-refractivity contribution in [2.24, 2.45) is 5.73 Å². The number of nitrogen functional groups attached to an aromatic ring is 1. The topological polar surface area (TPSA) is 82.6 Å². The highest BCUT2D eigenvalue weighted by atomic mass is 79.9. The third-order valence-electron chi connectivity index (χ3n) is 3.29. The second-order valence-corrected chi connectivity index (χ2v) is 6.49. The van der Waals surface area contributed by atoms with E-state index in [1.54, 1.807) is 0 Å². The Hall–Kier alpha value is -1.11. The van der Waals surface area contributed by atoms with Crippen LogP contribution in [-0.4, -0.2) is 42.3 Å². The molecule has 1 atom stereocenters. The molecular weight excluding hydrogens is 322 g/mol. The molecule has 0 bridgehead atoms. The molecule has 6 heteroatoms. The number of halogens is 1. The average Bonchev–Trinajstić information content (AvgIpc) is 2.36. The third kappa shape index (κ3) is 3.31. The van der Waals surface area contributed by atoms with E-state index in [1.807, 2.05) is 32.0 Å². The zero-order valence-corrected chi connectivity index (χ0v) is 13.3. The van der Waals surface area contributed by atoms with Gasteiger partial charge in [0.15, 0.2) is 0 Å². The van der Waals surface area contributed by atoms with E-state index in [0.29, 0.717) is 12.1 Å². The first-order valence-electron chi connectivity index (χ1n) is 6.50. The van der Waals surface area contributed by atoms with Crippen LogP contribution in [0.4, 0.5) is 5.69 Å². The fraction of sp³-hybridized carbons (Fsp3) is 0.500. The summed E-state index contributed by atoms with van der Waals surface area (Å²) in [5.74, 6) is 0.0407. The molecule has 0 saturated carbocycles. The Bertz CT molecular complexity index is 519. The Morgan fingerprint density at radius 3 is 2.85 bits per heavy atom. The molecule has 0 spiro atoms. The van der Waals surface area contributed by atoms with Crippen molar-refractivity contribution in [3.63, 3.8) is 0 Å². The highest BCUT2D eigenvalue weighted by Gasteiger charge is 2.33. The van der Waals surface area contributed by atoms with Crippen molar-refractivity contribution in [1.29, 1.82) is 5.41 Å². The number of anilines is 1. The zero-order chi connectivity index (χ0) is 14.9. The number of benzene rings is 1. The number of aliphatic hydroxyl groups excluding tert-OH is 1. The predicted octanol–water partition coefficient (Wildman–Crippen LogP) is 1.71. The van der Waals surface area contributed by atoms with Gasteiger partial charge in [0.05, 0.1) is 18.3 Å². The molecule has 0 aromatic heterocycles. The number of hydrogen-bond acceptors (Lipinski definition) is 4. The van der Waals surface area contributed by atoms with Crippen LogP contribution in [0.2, 0.25) is 0 Å². The number of ether oxygens (including phenoxy) is 1. The van der Waals surface area contributed by atoms with E-state index in [9.17, 15) is 5.11 Å². The van der Waals surface area contributed by atoms with E-state index in [2.05, 4.69) is 20.8 Å². The normalized spacial score (nSPS) is 21.8. The number of hydrogen-bond donors (Lipinski definition) is 3. The van der Waals surface area contributed by atoms with Crippen molar-refractivity contribution < 1.29 is 9.84 Å². The minimum absolute atomic E-state index is 0.00658. The van der Waals surface area contributed by atoms with Crippen molar-refractivity contribution in [2.75, 3.05) is 24.6 Å². The summed E-state index contributed by atoms with van der Waals surface area (Å²) in [6.07, 6.45) is -0.190. The van der Waals surface area contributed by atoms with Gasteiger partial charge in [0, 0.05) is 28.8 Å². The smallest absolute Gasteiger partial charge is 0.123 e. The summed E-state index contributed by atoms with van der Waals surface area (Å²) < 4.78 is 6.61. The van der Waals surface area contributed by atoms with Gasteiger partial charge in [-0.15, -0.1) is 0 Å². The lowest BCUT2D eigenvalue weighted by Gasteiger charge is -2.43. The standard InChI is InChI=1S/C14H20BrN3O2/c1-14(2)8-18(6-10(7-19)20-14)9-3-4-11(13(16)17)12(15)5-9/h3-5,10,19H,6-8H2,1-2H3,(H3,16,17). The molecule has 0 amide bonds. The lowest BCUT2D eigenvalue weighted by Crippen LogP contribution is -2.54. The number of nitrogens with zero attached hydrogens (tertiary/aromatic N) is 1. The Morgan fingerprint density at radius 1 is 1.60 bits per heavy atom. The van der Waals surface area contributed by atoms with Crippen LogP contribution < -0.4 is 10.6 Å². The third-order valence-corrected chi connectivity index (χ3v) is 3.95. The second-order valence-electron chi connectivity index (χ2n) is 5.64. The minimum Gasteiger partial charge on any atom is -0.394 e. The summed E-state index contributed by atoms with van der Waals surface area (Å²) in [5.41, 5.74) is 6.91. The molecule has 1 aromatic carbocycles. The molecule has 1 saturated heterocycles. The minimum atomic E-state index is -0.308. The summed E-state index contributed by atoms with van der Waals surface area (Å²) in [4.78, 5) is 2.18. The molecule has 110 valence electrons. The van der Waals surface area contributed by atoms with Gasteiger partial charge in [0.25, 0.3) is 0 Å². The van der Waals surface area contributed by atoms with Crippen LogP contribution in [0.5, 0.6) is 0 Å². The average molecular weight is 342 g/mol. The van der Waals surface area contributed by atoms with Crippen LogP contribution in [-0.2, 0) is 4.74 Å². The zero-order valence-electron chi connectivity index (χ0n) is 11.7. The van der Waals surface area contributed by atoms with Crippen LogP contribution in [0, 0.1) is 5.41 Å². The van der Waals surface area contributed by atoms with Crippen molar-refractivity contribution in [1.82, 2.24) is 0 Å². The number of rotatable bonds is 3. The summed E-state index contributed by atoms with van der Waals surface area (Å²) in [7, 11) is 0. The number of amidine groups is 1. The molecule has 1 heterocycles. The van der Waals surface area contributed by atoms with E-state index in [4.69, 9.17) is 15.9 Å². The maximum atomic E-state index is 9.35. The summed E-state index contributed by atoms with van der Waals surface area (Å²) in [5, 5.41) is 16.9. The van der Waals surface area contributed by atoms with Gasteiger partial charge in [0.2, 0.25) is 0 Å². The van der Waals surface area contributed by atoms with Crippen LogP contribution in [0.15, 0.2) is 22.7 Å². The SMILES string of the molecule is CC1(C)CN(c2ccc(C(=N)N)c(Br)c2)CC(CO)O1. The van der Waals surface area contributed by atoms with Gasteiger partial charge >= 0.3 is 0 Å². The van der Waals surface area contributed by atoms with E-state index in [1.165, 1.54) is 0 Å². The molecule has 4 N–H and O–H groups in total. The van der Waals surface area contributed by atoms with Gasteiger partial charge in [-0.25, -0.2) is 0 Å². The molecule has 0 aliphatic carbocycles. The summed E-state index contributed by atoms with van der Waals surface area (Å²) >= 11 is 3.45. The number of nitrogens with two attached hydrogens (primary N) is 1. The molecule has 0 radical (unpaired) electrons. The summed E-state index contributed by atoms with van der Waals surface area (Å²) in [6.45, 7) is 5.43. The number of aliphatic hydroxyl groups is 1. The quantitative estimate of drug-likeness (QED) is 0.577. The summed E-state index contributed by atoms with van der Waals surface area (Å²) in [6, 6.07) is 5.72. The monoisotopic (exact) mass is 341 g/mol. The van der Waals surface area contributed by atoms with Crippen molar-refractivity contribution in [3.05, 3.63) is 28.2 Å². The van der Waals surface area contributed by atoms with Crippen LogP contribution in [0.3, 0.4) is 0 Å². The molecule has 1 aliphatic heterocycles. The van der Waals surface area contributed by atoms with Crippen molar-refractivity contribution >= 4 is 27.5 Å². The largest absolute Gasteiger partial charge is 0.394 e. The molecule has 5 nitrogen and oxygen atoms in total. The van der Waals surface area contributed by atoms with Gasteiger partial charge < -0.3 is 20.5 Å². The fourth-order valence-electron chi connectivity index (χ4n) is 2.51. The first-order valence-corrected chi connectivity index (χ1v) is 7.29. The molecule has 1 aliphatic rings. The fourth-order valence-corrected chi connectivity index (χ4v) is 3.09. The van der Waals surface area contributed by atoms with Gasteiger partial charge in [-0.1, -0.05) is 0 Å². The molecule has 2 rings (SSSR count). The molecule has 20 heavy (non-hydrogen) atoms. The molecule has 1 aromatic rings. The first-order chi connectivity index (χ1) is 9.32. The Balaban J connectivity index is 2.26. The maximum Gasteiger partial charge on any atom is 0.123 e. The molecule has 1 unspecified atom stereocenters. The van der Waals surface area contributed by atoms with Gasteiger partial charge in [0.1, 0.15) is 5.84 Å². The maximum absolute atomic E-state index is 9.35. The highest BCUT2D eigenvalue weighted by Crippen LogP contribution is 2.29. The predicted molar refractivity (Wildman–Crippen MR) is 83.4 cm³/mol. The number of nitrogens with one attached hydrogen (secondary N) is 1. The Labute approximate surface area is 127 Å². The Kier molecular flexibility index (Phi) is 4.36. The lowest BCUT2D eigenvalue weighted by atomic mass is 10.0. The van der Waals surface area contributed by atoms with Crippen molar-refractivity contribution in [2.45, 2.75) is 25.6 Å². The van der Waals surface area contributed by atoms with Crippen LogP contribution in [0.1, 0.15) is 19.4 Å². The molecule has 1 fully saturated rings.